The molecule has 0 atom stereocenters. The van der Waals surface area contributed by atoms with Crippen molar-refractivity contribution in [3.63, 3.8) is 0 Å². The van der Waals surface area contributed by atoms with Crippen molar-refractivity contribution in [2.45, 2.75) is 40.3 Å². The number of rotatable bonds is 8. The molecule has 0 unspecified atom stereocenters. The second-order valence-corrected chi connectivity index (χ2v) is 6.81. The van der Waals surface area contributed by atoms with Crippen LogP contribution in [0.1, 0.15) is 30.8 Å². The smallest absolute Gasteiger partial charge is 0.191 e. The molecule has 1 aromatic carbocycles. The summed E-state index contributed by atoms with van der Waals surface area (Å²) in [6.07, 6.45) is 4.74. The minimum atomic E-state index is 0.588. The largest absolute Gasteiger partial charge is 0.496 e. The van der Waals surface area contributed by atoms with E-state index in [0.717, 1.165) is 37.0 Å². The normalized spacial score (nSPS) is 11.7. The van der Waals surface area contributed by atoms with Gasteiger partial charge in [0, 0.05) is 32.5 Å². The average Bonchev–Trinajstić information content (AvgIpc) is 3.04. The minimum Gasteiger partial charge on any atom is -0.496 e. The Morgan fingerprint density at radius 2 is 2.12 bits per heavy atom. The fraction of sp³-hybridized carbons (Fsp3) is 0.500. The maximum Gasteiger partial charge on any atom is 0.191 e. The highest BCUT2D eigenvalue weighted by molar-refractivity contribution is 5.79. The van der Waals surface area contributed by atoms with Crippen molar-refractivity contribution in [1.82, 2.24) is 20.2 Å². The lowest BCUT2D eigenvalue weighted by Gasteiger charge is -2.15. The van der Waals surface area contributed by atoms with Crippen LogP contribution in [0.25, 0.3) is 0 Å². The number of aliphatic imine (C=N–C) groups is 1. The van der Waals surface area contributed by atoms with E-state index in [-0.39, 0.29) is 0 Å². The van der Waals surface area contributed by atoms with Crippen molar-refractivity contribution in [3.8, 4) is 5.75 Å². The molecule has 2 rings (SSSR count). The van der Waals surface area contributed by atoms with Gasteiger partial charge in [0.25, 0.3) is 0 Å². The Bertz CT molecular complexity index is 721. The van der Waals surface area contributed by atoms with Crippen LogP contribution < -0.4 is 15.4 Å². The zero-order valence-corrected chi connectivity index (χ0v) is 16.5. The number of nitrogens with zero attached hydrogens (tertiary/aromatic N) is 3. The summed E-state index contributed by atoms with van der Waals surface area (Å²) in [5.74, 6) is 3.30. The molecule has 0 radical (unpaired) electrons. The van der Waals surface area contributed by atoms with Crippen LogP contribution in [0.3, 0.4) is 0 Å². The van der Waals surface area contributed by atoms with Gasteiger partial charge in [0.1, 0.15) is 11.6 Å². The molecule has 1 heterocycles. The predicted octanol–water partition coefficient (Wildman–Crippen LogP) is 2.76. The molecule has 0 aliphatic rings. The Kier molecular flexibility index (Phi) is 7.51. The van der Waals surface area contributed by atoms with Crippen LogP contribution in [-0.2, 0) is 19.5 Å². The van der Waals surface area contributed by atoms with Gasteiger partial charge in [-0.15, -0.1) is 0 Å². The number of hydrogen-bond donors (Lipinski definition) is 2. The van der Waals surface area contributed by atoms with Crippen molar-refractivity contribution in [1.29, 1.82) is 0 Å². The summed E-state index contributed by atoms with van der Waals surface area (Å²) in [6, 6.07) is 6.25. The molecule has 0 aliphatic heterocycles. The van der Waals surface area contributed by atoms with Gasteiger partial charge < -0.3 is 19.9 Å². The topological polar surface area (TPSA) is 63.5 Å². The molecule has 0 saturated heterocycles. The lowest BCUT2D eigenvalue weighted by atomic mass is 10.1. The third-order valence-electron chi connectivity index (χ3n) is 4.12. The Morgan fingerprint density at radius 3 is 2.81 bits per heavy atom. The summed E-state index contributed by atoms with van der Waals surface area (Å²) < 4.78 is 7.62. The van der Waals surface area contributed by atoms with Gasteiger partial charge in [-0.25, -0.2) is 4.98 Å². The molecule has 0 fully saturated rings. The second kappa shape index (κ2) is 9.85. The van der Waals surface area contributed by atoms with Crippen LogP contribution in [-0.4, -0.2) is 36.2 Å². The van der Waals surface area contributed by atoms with E-state index in [2.05, 4.69) is 58.1 Å². The number of aryl methyl sites for hydroxylation is 1. The molecule has 0 bridgehead atoms. The van der Waals surface area contributed by atoms with Gasteiger partial charge in [-0.05, 0) is 30.9 Å². The van der Waals surface area contributed by atoms with Crippen molar-refractivity contribution in [3.05, 3.63) is 47.5 Å². The molecular weight excluding hydrogens is 326 g/mol. The van der Waals surface area contributed by atoms with E-state index >= 15 is 0 Å². The monoisotopic (exact) mass is 357 g/mol. The standard InChI is InChI=1S/C20H31N5O/c1-15(2)14-25-11-10-22-19(25)13-24-20(21-4)23-9-8-17-12-16(3)6-7-18(17)26-5/h6-7,10-12,15H,8-9,13-14H2,1-5H3,(H2,21,23,24). The van der Waals surface area contributed by atoms with Crippen LogP contribution in [0.15, 0.2) is 35.6 Å². The van der Waals surface area contributed by atoms with Gasteiger partial charge in [-0.2, -0.15) is 0 Å². The number of ether oxygens (including phenoxy) is 1. The number of benzene rings is 1. The maximum atomic E-state index is 5.44. The third kappa shape index (κ3) is 5.79. The molecule has 2 aromatic rings. The molecule has 6 heteroatoms. The lowest BCUT2D eigenvalue weighted by Crippen LogP contribution is -2.38. The summed E-state index contributed by atoms with van der Waals surface area (Å²) in [4.78, 5) is 8.73. The summed E-state index contributed by atoms with van der Waals surface area (Å²) in [5.41, 5.74) is 2.43. The maximum absolute atomic E-state index is 5.44. The molecule has 142 valence electrons. The molecule has 0 spiro atoms. The Labute approximate surface area is 156 Å². The van der Waals surface area contributed by atoms with Crippen molar-refractivity contribution in [2.75, 3.05) is 20.7 Å². The van der Waals surface area contributed by atoms with E-state index in [1.54, 1.807) is 14.2 Å². The third-order valence-corrected chi connectivity index (χ3v) is 4.12. The summed E-state index contributed by atoms with van der Waals surface area (Å²) in [6.45, 7) is 8.90. The Hall–Kier alpha value is -2.50. The van der Waals surface area contributed by atoms with E-state index in [9.17, 15) is 0 Å². The first kappa shape index (κ1) is 19.8. The van der Waals surface area contributed by atoms with Crippen LogP contribution in [0.5, 0.6) is 5.75 Å². The van der Waals surface area contributed by atoms with E-state index in [1.807, 2.05) is 18.5 Å². The quantitative estimate of drug-likeness (QED) is 0.563. The van der Waals surface area contributed by atoms with Crippen LogP contribution in [0, 0.1) is 12.8 Å². The molecule has 26 heavy (non-hydrogen) atoms. The molecule has 0 aliphatic carbocycles. The molecule has 1 aromatic heterocycles. The van der Waals surface area contributed by atoms with Crippen molar-refractivity contribution >= 4 is 5.96 Å². The second-order valence-electron chi connectivity index (χ2n) is 6.81. The molecular formula is C20H31N5O. The first-order valence-electron chi connectivity index (χ1n) is 9.11. The van der Waals surface area contributed by atoms with Gasteiger partial charge in [0.15, 0.2) is 5.96 Å². The fourth-order valence-electron chi connectivity index (χ4n) is 2.87. The average molecular weight is 358 g/mol. The van der Waals surface area contributed by atoms with E-state index in [1.165, 1.54) is 11.1 Å². The van der Waals surface area contributed by atoms with Gasteiger partial charge in [-0.3, -0.25) is 4.99 Å². The number of hydrogen-bond acceptors (Lipinski definition) is 3. The molecule has 6 nitrogen and oxygen atoms in total. The van der Waals surface area contributed by atoms with E-state index in [4.69, 9.17) is 4.74 Å². The molecule has 0 saturated carbocycles. The number of imidazole rings is 1. The fourth-order valence-corrected chi connectivity index (χ4v) is 2.87. The SMILES string of the molecule is CN=C(NCCc1cc(C)ccc1OC)NCc1nccn1CC(C)C. The molecule has 0 amide bonds. The van der Waals surface area contributed by atoms with Gasteiger partial charge in [0.05, 0.1) is 13.7 Å². The van der Waals surface area contributed by atoms with Gasteiger partial charge in [0.2, 0.25) is 0 Å². The van der Waals surface area contributed by atoms with Crippen LogP contribution in [0.4, 0.5) is 0 Å². The number of aromatic nitrogens is 2. The van der Waals surface area contributed by atoms with Crippen molar-refractivity contribution in [2.24, 2.45) is 10.9 Å². The first-order valence-corrected chi connectivity index (χ1v) is 9.11. The first-order chi connectivity index (χ1) is 12.5. The number of guanidine groups is 1. The van der Waals surface area contributed by atoms with E-state index in [0.29, 0.717) is 12.5 Å². The molecule has 2 N–H and O–H groups in total. The lowest BCUT2D eigenvalue weighted by molar-refractivity contribution is 0.409. The Balaban J connectivity index is 1.85. The zero-order chi connectivity index (χ0) is 18.9. The number of methoxy groups -OCH3 is 1. The van der Waals surface area contributed by atoms with Crippen molar-refractivity contribution < 1.29 is 4.74 Å². The Morgan fingerprint density at radius 1 is 1.31 bits per heavy atom. The van der Waals surface area contributed by atoms with Gasteiger partial charge in [-0.1, -0.05) is 31.5 Å². The van der Waals surface area contributed by atoms with Crippen LogP contribution >= 0.6 is 0 Å². The predicted molar refractivity (Wildman–Crippen MR) is 107 cm³/mol. The summed E-state index contributed by atoms with van der Waals surface area (Å²) >= 11 is 0. The van der Waals surface area contributed by atoms with E-state index < -0.39 is 0 Å². The van der Waals surface area contributed by atoms with Gasteiger partial charge >= 0.3 is 0 Å². The number of nitrogens with one attached hydrogen (secondary N) is 2. The van der Waals surface area contributed by atoms with Crippen LogP contribution in [0.2, 0.25) is 0 Å². The highest BCUT2D eigenvalue weighted by Crippen LogP contribution is 2.19. The highest BCUT2D eigenvalue weighted by atomic mass is 16.5. The summed E-state index contributed by atoms with van der Waals surface area (Å²) in [5, 5.41) is 6.69. The zero-order valence-electron chi connectivity index (χ0n) is 16.5. The minimum absolute atomic E-state index is 0.588. The highest BCUT2D eigenvalue weighted by Gasteiger charge is 2.07. The summed E-state index contributed by atoms with van der Waals surface area (Å²) in [7, 11) is 3.49.